The molecule has 1 atom stereocenters. The van der Waals surface area contributed by atoms with Gasteiger partial charge in [-0.05, 0) is 18.2 Å². The number of carbonyl (C=O) groups is 1. The van der Waals surface area contributed by atoms with Crippen LogP contribution in [0.5, 0.6) is 0 Å². The van der Waals surface area contributed by atoms with Gasteiger partial charge in [0, 0.05) is 29.9 Å². The van der Waals surface area contributed by atoms with Crippen molar-refractivity contribution >= 4 is 28.4 Å². The van der Waals surface area contributed by atoms with Gasteiger partial charge >= 0.3 is 0 Å². The van der Waals surface area contributed by atoms with E-state index in [2.05, 4.69) is 20.3 Å². The van der Waals surface area contributed by atoms with Crippen LogP contribution in [-0.4, -0.2) is 32.5 Å². The van der Waals surface area contributed by atoms with Crippen molar-refractivity contribution in [3.05, 3.63) is 59.3 Å². The maximum Gasteiger partial charge on any atom is 0.267 e. The molecule has 0 saturated carbocycles. The number of nitrogens with zero attached hydrogens (tertiary/aromatic N) is 2. The SMILES string of the molecule is O=C(NCC(O)c1cccnc1)c1cc2cc(Cl)ncc2[nH]1. The monoisotopic (exact) mass is 316 g/mol. The first-order valence-corrected chi connectivity index (χ1v) is 7.02. The van der Waals surface area contributed by atoms with Crippen molar-refractivity contribution in [2.45, 2.75) is 6.10 Å². The van der Waals surface area contributed by atoms with E-state index >= 15 is 0 Å². The zero-order chi connectivity index (χ0) is 15.5. The van der Waals surface area contributed by atoms with Crippen LogP contribution >= 0.6 is 11.6 Å². The number of aromatic nitrogens is 3. The number of nitrogens with one attached hydrogen (secondary N) is 2. The fourth-order valence-corrected chi connectivity index (χ4v) is 2.27. The average Bonchev–Trinajstić information content (AvgIpc) is 2.96. The first-order valence-electron chi connectivity index (χ1n) is 6.64. The summed E-state index contributed by atoms with van der Waals surface area (Å²) in [4.78, 5) is 23.0. The largest absolute Gasteiger partial charge is 0.387 e. The Morgan fingerprint density at radius 2 is 2.27 bits per heavy atom. The third-order valence-electron chi connectivity index (χ3n) is 3.24. The highest BCUT2D eigenvalue weighted by atomic mass is 35.5. The molecule has 0 aliphatic heterocycles. The van der Waals surface area contributed by atoms with Crippen LogP contribution in [0, 0.1) is 0 Å². The lowest BCUT2D eigenvalue weighted by Gasteiger charge is -2.11. The molecule has 1 unspecified atom stereocenters. The van der Waals surface area contributed by atoms with E-state index in [9.17, 15) is 9.90 Å². The first-order chi connectivity index (χ1) is 10.6. The van der Waals surface area contributed by atoms with Crippen molar-refractivity contribution in [1.82, 2.24) is 20.3 Å². The smallest absolute Gasteiger partial charge is 0.267 e. The molecule has 3 aromatic rings. The third-order valence-corrected chi connectivity index (χ3v) is 3.45. The number of H-pyrrole nitrogens is 1. The summed E-state index contributed by atoms with van der Waals surface area (Å²) >= 11 is 5.81. The van der Waals surface area contributed by atoms with Crippen molar-refractivity contribution in [3.63, 3.8) is 0 Å². The Morgan fingerprint density at radius 1 is 1.41 bits per heavy atom. The van der Waals surface area contributed by atoms with E-state index in [1.807, 2.05) is 0 Å². The molecular formula is C15H13ClN4O2. The Bertz CT molecular complexity index is 804. The molecule has 0 saturated heterocycles. The molecule has 7 heteroatoms. The number of aliphatic hydroxyl groups is 1. The van der Waals surface area contributed by atoms with Gasteiger partial charge in [-0.3, -0.25) is 9.78 Å². The molecule has 112 valence electrons. The predicted octanol–water partition coefficient (Wildman–Crippen LogP) is 2.07. The molecule has 3 heterocycles. The summed E-state index contributed by atoms with van der Waals surface area (Å²) in [6.07, 6.45) is 3.95. The maximum absolute atomic E-state index is 12.1. The van der Waals surface area contributed by atoms with Gasteiger partial charge in [0.1, 0.15) is 10.8 Å². The van der Waals surface area contributed by atoms with Gasteiger partial charge in [-0.15, -0.1) is 0 Å². The van der Waals surface area contributed by atoms with Gasteiger partial charge in [-0.25, -0.2) is 4.98 Å². The van der Waals surface area contributed by atoms with Crippen LogP contribution in [-0.2, 0) is 0 Å². The quantitative estimate of drug-likeness (QED) is 0.643. The Hall–Kier alpha value is -2.44. The summed E-state index contributed by atoms with van der Waals surface area (Å²) in [5, 5.41) is 13.8. The number of aliphatic hydroxyl groups excluding tert-OH is 1. The molecule has 0 aromatic carbocycles. The van der Waals surface area contributed by atoms with Crippen LogP contribution in [0.15, 0.2) is 42.9 Å². The number of pyridine rings is 2. The highest BCUT2D eigenvalue weighted by molar-refractivity contribution is 6.30. The summed E-state index contributed by atoms with van der Waals surface area (Å²) in [5.74, 6) is -0.310. The number of halogens is 1. The van der Waals surface area contributed by atoms with E-state index < -0.39 is 6.10 Å². The summed E-state index contributed by atoms with van der Waals surface area (Å²) in [5.41, 5.74) is 1.76. The van der Waals surface area contributed by atoms with Crippen molar-refractivity contribution in [2.75, 3.05) is 6.54 Å². The van der Waals surface area contributed by atoms with Crippen LogP contribution in [0.3, 0.4) is 0 Å². The normalized spacial score (nSPS) is 12.3. The van der Waals surface area contributed by atoms with Crippen LogP contribution in [0.1, 0.15) is 22.2 Å². The van der Waals surface area contributed by atoms with Crippen LogP contribution < -0.4 is 5.32 Å². The molecule has 6 nitrogen and oxygen atoms in total. The number of hydrogen-bond donors (Lipinski definition) is 3. The van der Waals surface area contributed by atoms with Crippen molar-refractivity contribution in [3.8, 4) is 0 Å². The van der Waals surface area contributed by atoms with E-state index in [1.54, 1.807) is 42.9 Å². The standard InChI is InChI=1S/C15H13ClN4O2/c16-14-5-10-4-11(20-12(10)7-18-14)15(22)19-8-13(21)9-2-1-3-17-6-9/h1-7,13,20-21H,8H2,(H,19,22). The van der Waals surface area contributed by atoms with E-state index in [0.717, 1.165) is 10.9 Å². The van der Waals surface area contributed by atoms with Crippen molar-refractivity contribution in [1.29, 1.82) is 0 Å². The lowest BCUT2D eigenvalue weighted by molar-refractivity contribution is 0.0912. The molecular weight excluding hydrogens is 304 g/mol. The third kappa shape index (κ3) is 3.08. The van der Waals surface area contributed by atoms with E-state index in [0.29, 0.717) is 16.4 Å². The summed E-state index contributed by atoms with van der Waals surface area (Å²) in [6.45, 7) is 0.0961. The fourth-order valence-electron chi connectivity index (χ4n) is 2.10. The molecule has 0 fully saturated rings. The van der Waals surface area contributed by atoms with Gasteiger partial charge in [0.25, 0.3) is 5.91 Å². The Kier molecular flexibility index (Phi) is 4.04. The first kappa shape index (κ1) is 14.5. The summed E-state index contributed by atoms with van der Waals surface area (Å²) < 4.78 is 0. The number of amides is 1. The van der Waals surface area contributed by atoms with E-state index in [1.165, 1.54) is 0 Å². The molecule has 0 aliphatic rings. The minimum Gasteiger partial charge on any atom is -0.387 e. The second-order valence-corrected chi connectivity index (χ2v) is 5.18. The van der Waals surface area contributed by atoms with Gasteiger partial charge in [0.15, 0.2) is 0 Å². The van der Waals surface area contributed by atoms with Gasteiger partial charge in [-0.2, -0.15) is 0 Å². The second-order valence-electron chi connectivity index (χ2n) is 4.79. The molecule has 1 amide bonds. The molecule has 22 heavy (non-hydrogen) atoms. The highest BCUT2D eigenvalue weighted by Gasteiger charge is 2.13. The Balaban J connectivity index is 1.68. The van der Waals surface area contributed by atoms with Crippen LogP contribution in [0.25, 0.3) is 10.9 Å². The molecule has 3 rings (SSSR count). The van der Waals surface area contributed by atoms with Gasteiger partial charge in [-0.1, -0.05) is 17.7 Å². The van der Waals surface area contributed by atoms with Gasteiger partial charge in [0.05, 0.1) is 17.8 Å². The average molecular weight is 317 g/mol. The fraction of sp³-hybridized carbons (Fsp3) is 0.133. The lowest BCUT2D eigenvalue weighted by Crippen LogP contribution is -2.28. The molecule has 0 spiro atoms. The summed E-state index contributed by atoms with van der Waals surface area (Å²) in [7, 11) is 0. The number of aromatic amines is 1. The molecule has 3 N–H and O–H groups in total. The molecule has 0 radical (unpaired) electrons. The minimum atomic E-state index is -0.807. The van der Waals surface area contributed by atoms with E-state index in [-0.39, 0.29) is 12.5 Å². The number of fused-ring (bicyclic) bond motifs is 1. The topological polar surface area (TPSA) is 90.9 Å². The number of carbonyl (C=O) groups excluding carboxylic acids is 1. The summed E-state index contributed by atoms with van der Waals surface area (Å²) in [6, 6.07) is 6.85. The molecule has 3 aromatic heterocycles. The van der Waals surface area contributed by atoms with Crippen LogP contribution in [0.4, 0.5) is 0 Å². The maximum atomic E-state index is 12.1. The molecule has 0 bridgehead atoms. The van der Waals surface area contributed by atoms with Gasteiger partial charge in [0.2, 0.25) is 0 Å². The second kappa shape index (κ2) is 6.13. The number of rotatable bonds is 4. The molecule has 0 aliphatic carbocycles. The van der Waals surface area contributed by atoms with Crippen LogP contribution in [0.2, 0.25) is 5.15 Å². The zero-order valence-electron chi connectivity index (χ0n) is 11.5. The van der Waals surface area contributed by atoms with Crippen molar-refractivity contribution < 1.29 is 9.90 Å². The lowest BCUT2D eigenvalue weighted by atomic mass is 10.1. The Labute approximate surface area is 131 Å². The highest BCUT2D eigenvalue weighted by Crippen LogP contribution is 2.18. The predicted molar refractivity (Wildman–Crippen MR) is 82.6 cm³/mol. The van der Waals surface area contributed by atoms with Crippen molar-refractivity contribution in [2.24, 2.45) is 0 Å². The zero-order valence-corrected chi connectivity index (χ0v) is 12.2. The number of hydrogen-bond acceptors (Lipinski definition) is 4. The Morgan fingerprint density at radius 3 is 3.05 bits per heavy atom. The minimum absolute atomic E-state index is 0.0961. The van der Waals surface area contributed by atoms with E-state index in [4.69, 9.17) is 11.6 Å². The van der Waals surface area contributed by atoms with Gasteiger partial charge < -0.3 is 15.4 Å².